The van der Waals surface area contributed by atoms with Gasteiger partial charge < -0.3 is 0 Å². The summed E-state index contributed by atoms with van der Waals surface area (Å²) in [7, 11) is -3.62. The predicted octanol–water partition coefficient (Wildman–Crippen LogP) is 1.81. The van der Waals surface area contributed by atoms with Crippen LogP contribution in [-0.2, 0) is 14.3 Å². The Hall–Kier alpha value is 0.130. The fraction of sp³-hybridized carbons (Fsp3) is 0.400. The van der Waals surface area contributed by atoms with Crippen molar-refractivity contribution in [3.8, 4) is 0 Å². The molecule has 0 unspecified atom stereocenters. The van der Waals surface area contributed by atoms with Crippen LogP contribution in [0.15, 0.2) is 35.2 Å². The molecule has 0 spiro atoms. The molecule has 0 aromatic heterocycles. The maximum atomic E-state index is 11.6. The van der Waals surface area contributed by atoms with Crippen LogP contribution in [0.5, 0.6) is 0 Å². The van der Waals surface area contributed by atoms with Crippen molar-refractivity contribution >= 4 is 39.7 Å². The molecule has 0 fully saturated rings. The topological polar surface area (TPSA) is 43.4 Å². The van der Waals surface area contributed by atoms with Crippen molar-refractivity contribution in [1.29, 1.82) is 0 Å². The van der Waals surface area contributed by atoms with Gasteiger partial charge in [0.25, 0.3) is 10.1 Å². The van der Waals surface area contributed by atoms with Crippen LogP contribution in [0, 0.1) is 0 Å². The average Bonchev–Trinajstić information content (AvgIpc) is 2.01. The molecule has 0 bridgehead atoms. The Balaban J connectivity index is 0.00000196. The van der Waals surface area contributed by atoms with E-state index in [4.69, 9.17) is 4.18 Å². The molecule has 0 saturated heterocycles. The number of rotatable bonds is 2. The molecular formula is C10H14NaO3S. The molecule has 3 nitrogen and oxygen atoms in total. The van der Waals surface area contributed by atoms with Gasteiger partial charge in [-0.25, -0.2) is 0 Å². The van der Waals surface area contributed by atoms with E-state index in [9.17, 15) is 8.42 Å². The van der Waals surface area contributed by atoms with Crippen molar-refractivity contribution < 1.29 is 12.6 Å². The number of hydrogen-bond donors (Lipinski definition) is 0. The molecule has 0 aliphatic heterocycles. The summed E-state index contributed by atoms with van der Waals surface area (Å²) in [6.07, 6.45) is 0. The fourth-order valence-corrected chi connectivity index (χ4v) is 2.21. The first-order valence-corrected chi connectivity index (χ1v) is 5.73. The molecule has 0 N–H and O–H groups in total. The molecule has 1 rings (SSSR count). The summed E-state index contributed by atoms with van der Waals surface area (Å²) < 4.78 is 28.2. The molecule has 0 atom stereocenters. The average molecular weight is 237 g/mol. The molecule has 5 heteroatoms. The third kappa shape index (κ3) is 5.13. The van der Waals surface area contributed by atoms with Crippen LogP contribution in [0.1, 0.15) is 20.8 Å². The fourth-order valence-electron chi connectivity index (χ4n) is 0.964. The molecule has 0 aliphatic rings. The van der Waals surface area contributed by atoms with E-state index in [2.05, 4.69) is 0 Å². The minimum absolute atomic E-state index is 0. The summed E-state index contributed by atoms with van der Waals surface area (Å²) in [4.78, 5) is 0.190. The van der Waals surface area contributed by atoms with Gasteiger partial charge in [-0.2, -0.15) is 8.42 Å². The zero-order valence-electron chi connectivity index (χ0n) is 9.52. The molecule has 1 aromatic rings. The maximum absolute atomic E-state index is 11.6. The summed E-state index contributed by atoms with van der Waals surface area (Å²) in [5.74, 6) is 0. The van der Waals surface area contributed by atoms with Crippen LogP contribution in [0.25, 0.3) is 0 Å². The Morgan fingerprint density at radius 3 is 1.93 bits per heavy atom. The van der Waals surface area contributed by atoms with E-state index in [-0.39, 0.29) is 34.5 Å². The van der Waals surface area contributed by atoms with Gasteiger partial charge in [0.2, 0.25) is 0 Å². The predicted molar refractivity (Wildman–Crippen MR) is 60.2 cm³/mol. The summed E-state index contributed by atoms with van der Waals surface area (Å²) >= 11 is 0. The molecule has 0 amide bonds. The molecule has 0 saturated carbocycles. The van der Waals surface area contributed by atoms with Crippen LogP contribution in [0.2, 0.25) is 0 Å². The summed E-state index contributed by atoms with van der Waals surface area (Å²) in [5, 5.41) is 0. The van der Waals surface area contributed by atoms with Gasteiger partial charge in [-0.1, -0.05) is 18.2 Å². The molecule has 0 aliphatic carbocycles. The van der Waals surface area contributed by atoms with Crippen molar-refractivity contribution in [1.82, 2.24) is 0 Å². The van der Waals surface area contributed by atoms with Crippen molar-refractivity contribution in [2.24, 2.45) is 0 Å². The largest absolute Gasteiger partial charge is 0.297 e. The second-order valence-corrected chi connectivity index (χ2v) is 5.51. The monoisotopic (exact) mass is 237 g/mol. The van der Waals surface area contributed by atoms with Gasteiger partial charge in [0.15, 0.2) is 0 Å². The van der Waals surface area contributed by atoms with Crippen LogP contribution >= 0.6 is 0 Å². The Bertz CT molecular complexity index is 392. The third-order valence-electron chi connectivity index (χ3n) is 1.39. The summed E-state index contributed by atoms with van der Waals surface area (Å²) in [6.45, 7) is 5.11. The van der Waals surface area contributed by atoms with E-state index in [1.807, 2.05) is 0 Å². The molecule has 79 valence electrons. The maximum Gasteiger partial charge on any atom is 0.297 e. The Morgan fingerprint density at radius 2 is 1.53 bits per heavy atom. The number of benzene rings is 1. The first-order chi connectivity index (χ1) is 6.31. The SMILES string of the molecule is CC(C)(C)OS(=O)(=O)c1ccccc1.[Na]. The van der Waals surface area contributed by atoms with Gasteiger partial charge in [-0.3, -0.25) is 4.18 Å². The van der Waals surface area contributed by atoms with E-state index < -0.39 is 15.7 Å². The van der Waals surface area contributed by atoms with Crippen molar-refractivity contribution in [2.45, 2.75) is 31.3 Å². The van der Waals surface area contributed by atoms with Crippen LogP contribution < -0.4 is 0 Å². The quantitative estimate of drug-likeness (QED) is 0.582. The van der Waals surface area contributed by atoms with E-state index >= 15 is 0 Å². The molecule has 1 aromatic carbocycles. The normalized spacial score (nSPS) is 11.9. The number of hydrogen-bond acceptors (Lipinski definition) is 3. The minimum atomic E-state index is -3.62. The van der Waals surface area contributed by atoms with Crippen molar-refractivity contribution in [3.63, 3.8) is 0 Å². The van der Waals surface area contributed by atoms with Gasteiger partial charge in [0, 0.05) is 29.6 Å². The Kier molecular flexibility index (Phi) is 5.50. The van der Waals surface area contributed by atoms with Gasteiger partial charge >= 0.3 is 0 Å². The van der Waals surface area contributed by atoms with Crippen LogP contribution in [0.3, 0.4) is 0 Å². The Morgan fingerprint density at radius 1 is 1.07 bits per heavy atom. The van der Waals surface area contributed by atoms with Gasteiger partial charge in [-0.05, 0) is 32.9 Å². The van der Waals surface area contributed by atoms with Gasteiger partial charge in [-0.15, -0.1) is 0 Å². The summed E-state index contributed by atoms with van der Waals surface area (Å²) in [6, 6.07) is 8.12. The van der Waals surface area contributed by atoms with E-state index in [0.717, 1.165) is 0 Å². The molecule has 0 heterocycles. The van der Waals surface area contributed by atoms with Crippen LogP contribution in [0.4, 0.5) is 0 Å². The summed E-state index contributed by atoms with van der Waals surface area (Å²) in [5.41, 5.74) is -0.700. The molecule has 15 heavy (non-hydrogen) atoms. The van der Waals surface area contributed by atoms with Crippen molar-refractivity contribution in [2.75, 3.05) is 0 Å². The van der Waals surface area contributed by atoms with Gasteiger partial charge in [0.1, 0.15) is 0 Å². The smallest absolute Gasteiger partial charge is 0.261 e. The Labute approximate surface area is 113 Å². The second-order valence-electron chi connectivity index (χ2n) is 3.96. The van der Waals surface area contributed by atoms with E-state index in [1.54, 1.807) is 39.0 Å². The second kappa shape index (κ2) is 5.46. The van der Waals surface area contributed by atoms with Crippen LogP contribution in [-0.4, -0.2) is 43.6 Å². The first kappa shape index (κ1) is 15.1. The zero-order chi connectivity index (χ0) is 10.8. The van der Waals surface area contributed by atoms with Gasteiger partial charge in [0.05, 0.1) is 10.5 Å². The first-order valence-electron chi connectivity index (χ1n) is 4.32. The van der Waals surface area contributed by atoms with E-state index in [0.29, 0.717) is 0 Å². The van der Waals surface area contributed by atoms with E-state index in [1.165, 1.54) is 12.1 Å². The standard InChI is InChI=1S/C10H14O3S.Na/c1-10(2,3)13-14(11,12)9-7-5-4-6-8-9;/h4-8H,1-3H3;. The third-order valence-corrected chi connectivity index (χ3v) is 2.96. The minimum Gasteiger partial charge on any atom is -0.261 e. The zero-order valence-corrected chi connectivity index (χ0v) is 12.3. The van der Waals surface area contributed by atoms with Crippen molar-refractivity contribution in [3.05, 3.63) is 30.3 Å². The molecule has 1 radical (unpaired) electrons. The molecular weight excluding hydrogens is 223 g/mol.